The van der Waals surface area contributed by atoms with E-state index in [4.69, 9.17) is 4.74 Å². The molecule has 2 atom stereocenters. The minimum Gasteiger partial charge on any atom is -0.493 e. The molecule has 0 amide bonds. The van der Waals surface area contributed by atoms with Gasteiger partial charge in [0, 0.05) is 24.2 Å². The summed E-state index contributed by atoms with van der Waals surface area (Å²) in [5.74, 6) is 0.831. The van der Waals surface area contributed by atoms with Gasteiger partial charge in [0.05, 0.1) is 6.61 Å². The molecule has 3 nitrogen and oxygen atoms in total. The lowest BCUT2D eigenvalue weighted by molar-refractivity contribution is 0.0422. The van der Waals surface area contributed by atoms with E-state index < -0.39 is 5.60 Å². The molecule has 2 aliphatic rings. The highest BCUT2D eigenvalue weighted by Gasteiger charge is 2.47. The Labute approximate surface area is 115 Å². The maximum Gasteiger partial charge on any atom is 0.125 e. The first kappa shape index (κ1) is 12.9. The summed E-state index contributed by atoms with van der Waals surface area (Å²) in [5, 5.41) is 11.1. The van der Waals surface area contributed by atoms with Gasteiger partial charge in [-0.3, -0.25) is 4.90 Å². The third kappa shape index (κ3) is 2.37. The summed E-state index contributed by atoms with van der Waals surface area (Å²) in [6.07, 6.45) is 3.37. The van der Waals surface area contributed by atoms with Crippen molar-refractivity contribution in [1.82, 2.24) is 4.90 Å². The molecule has 1 saturated heterocycles. The summed E-state index contributed by atoms with van der Waals surface area (Å²) in [5.41, 5.74) is 0.195. The summed E-state index contributed by atoms with van der Waals surface area (Å²) in [4.78, 5) is 2.46. The van der Waals surface area contributed by atoms with Gasteiger partial charge in [-0.25, -0.2) is 0 Å². The van der Waals surface area contributed by atoms with Crippen LogP contribution in [0.1, 0.15) is 38.7 Å². The zero-order chi connectivity index (χ0) is 13.5. The van der Waals surface area contributed by atoms with Gasteiger partial charge in [0.2, 0.25) is 0 Å². The molecule has 3 heteroatoms. The van der Waals surface area contributed by atoms with Crippen molar-refractivity contribution < 1.29 is 9.84 Å². The lowest BCUT2D eigenvalue weighted by atomic mass is 9.90. The fraction of sp³-hybridized carbons (Fsp3) is 0.625. The highest BCUT2D eigenvalue weighted by atomic mass is 16.5. The van der Waals surface area contributed by atoms with Crippen molar-refractivity contribution >= 4 is 0 Å². The summed E-state index contributed by atoms with van der Waals surface area (Å²) >= 11 is 0. The van der Waals surface area contributed by atoms with E-state index in [9.17, 15) is 5.11 Å². The minimum atomic E-state index is -0.756. The van der Waals surface area contributed by atoms with Gasteiger partial charge in [-0.1, -0.05) is 18.2 Å². The molecule has 0 aromatic heterocycles. The number of likely N-dealkylation sites (tertiary alicyclic amines) is 1. The first-order valence-corrected chi connectivity index (χ1v) is 7.34. The van der Waals surface area contributed by atoms with Crippen LogP contribution in [-0.4, -0.2) is 35.2 Å². The van der Waals surface area contributed by atoms with E-state index in [-0.39, 0.29) is 0 Å². The topological polar surface area (TPSA) is 32.7 Å². The number of hydrogen-bond donors (Lipinski definition) is 1. The van der Waals surface area contributed by atoms with Crippen LogP contribution in [0.25, 0.3) is 0 Å². The quantitative estimate of drug-likeness (QED) is 0.904. The molecule has 1 aliphatic carbocycles. The Bertz CT molecular complexity index is 458. The Morgan fingerprint density at radius 1 is 1.37 bits per heavy atom. The molecule has 2 unspecified atom stereocenters. The molecule has 104 valence electrons. The van der Waals surface area contributed by atoms with Crippen molar-refractivity contribution in [3.05, 3.63) is 29.8 Å². The van der Waals surface area contributed by atoms with Crippen molar-refractivity contribution in [2.75, 3.05) is 13.2 Å². The number of ether oxygens (including phenoxy) is 1. The molecule has 1 heterocycles. The van der Waals surface area contributed by atoms with E-state index in [0.717, 1.165) is 24.3 Å². The molecular formula is C16H23NO2. The summed E-state index contributed by atoms with van der Waals surface area (Å²) in [6.45, 7) is 5.58. The molecule has 0 bridgehead atoms. The minimum absolute atomic E-state index is 0.451. The number of nitrogens with zero attached hydrogens (tertiary/aromatic N) is 1. The van der Waals surface area contributed by atoms with Crippen molar-refractivity contribution in [3.8, 4) is 5.75 Å². The Hall–Kier alpha value is -1.06. The van der Waals surface area contributed by atoms with E-state index in [1.165, 1.54) is 12.8 Å². The molecule has 1 N–H and O–H groups in total. The Morgan fingerprint density at radius 3 is 2.79 bits per heavy atom. The van der Waals surface area contributed by atoms with E-state index >= 15 is 0 Å². The van der Waals surface area contributed by atoms with E-state index in [0.29, 0.717) is 18.7 Å². The number of hydrogen-bond acceptors (Lipinski definition) is 3. The van der Waals surface area contributed by atoms with Crippen LogP contribution in [0.2, 0.25) is 0 Å². The van der Waals surface area contributed by atoms with Gasteiger partial charge in [0.25, 0.3) is 0 Å². The highest BCUT2D eigenvalue weighted by molar-refractivity contribution is 5.39. The number of benzene rings is 1. The predicted molar refractivity (Wildman–Crippen MR) is 75.3 cm³/mol. The Balaban J connectivity index is 1.88. The standard InChI is InChI=1S/C16H23NO2/c1-3-19-15-7-5-4-6-14(15)16(18)10-12(2)17(11-16)13-8-9-13/h4-7,12-13,18H,3,8-11H2,1-2H3. The van der Waals surface area contributed by atoms with Crippen molar-refractivity contribution in [2.45, 2.75) is 50.8 Å². The monoisotopic (exact) mass is 261 g/mol. The Kier molecular flexibility index (Phi) is 3.27. The lowest BCUT2D eigenvalue weighted by Gasteiger charge is -2.26. The van der Waals surface area contributed by atoms with Crippen LogP contribution < -0.4 is 4.74 Å². The van der Waals surface area contributed by atoms with Crippen molar-refractivity contribution in [2.24, 2.45) is 0 Å². The maximum absolute atomic E-state index is 11.1. The largest absolute Gasteiger partial charge is 0.493 e. The maximum atomic E-state index is 11.1. The molecule has 1 saturated carbocycles. The van der Waals surface area contributed by atoms with Gasteiger partial charge in [0.15, 0.2) is 0 Å². The second kappa shape index (κ2) is 4.80. The van der Waals surface area contributed by atoms with E-state index in [2.05, 4.69) is 11.8 Å². The van der Waals surface area contributed by atoms with E-state index in [1.54, 1.807) is 0 Å². The molecule has 0 radical (unpaired) electrons. The van der Waals surface area contributed by atoms with Crippen LogP contribution in [0, 0.1) is 0 Å². The smallest absolute Gasteiger partial charge is 0.125 e. The van der Waals surface area contributed by atoms with Crippen LogP contribution >= 0.6 is 0 Å². The SMILES string of the molecule is CCOc1ccccc1C1(O)CC(C)N(C2CC2)C1. The summed E-state index contributed by atoms with van der Waals surface area (Å²) in [7, 11) is 0. The van der Waals surface area contributed by atoms with Gasteiger partial charge >= 0.3 is 0 Å². The third-order valence-electron chi connectivity index (χ3n) is 4.35. The normalized spacial score (nSPS) is 31.6. The number of para-hydroxylation sites is 1. The number of β-amino-alcohol motifs (C(OH)–C–C–N with tert-alkyl or cyclic N) is 1. The van der Waals surface area contributed by atoms with Crippen LogP contribution in [0.4, 0.5) is 0 Å². The molecular weight excluding hydrogens is 238 g/mol. The second-order valence-corrected chi connectivity index (χ2v) is 5.92. The van der Waals surface area contributed by atoms with Gasteiger partial charge in [-0.2, -0.15) is 0 Å². The highest BCUT2D eigenvalue weighted by Crippen LogP contribution is 2.44. The van der Waals surface area contributed by atoms with Gasteiger partial charge in [-0.15, -0.1) is 0 Å². The zero-order valence-electron chi connectivity index (χ0n) is 11.8. The Morgan fingerprint density at radius 2 is 2.11 bits per heavy atom. The van der Waals surface area contributed by atoms with Gasteiger partial charge < -0.3 is 9.84 Å². The molecule has 1 aromatic carbocycles. The molecule has 1 aliphatic heterocycles. The van der Waals surface area contributed by atoms with Crippen molar-refractivity contribution in [3.63, 3.8) is 0 Å². The predicted octanol–water partition coefficient (Wildman–Crippen LogP) is 2.53. The van der Waals surface area contributed by atoms with Crippen LogP contribution in [0.3, 0.4) is 0 Å². The molecule has 0 spiro atoms. The number of rotatable bonds is 4. The van der Waals surface area contributed by atoms with Crippen LogP contribution in [-0.2, 0) is 5.60 Å². The van der Waals surface area contributed by atoms with Crippen LogP contribution in [0.15, 0.2) is 24.3 Å². The van der Waals surface area contributed by atoms with E-state index in [1.807, 2.05) is 31.2 Å². The fourth-order valence-corrected chi connectivity index (χ4v) is 3.35. The summed E-state index contributed by atoms with van der Waals surface area (Å²) < 4.78 is 5.68. The molecule has 2 fully saturated rings. The average Bonchev–Trinajstić information content (AvgIpc) is 3.17. The molecule has 1 aromatic rings. The first-order chi connectivity index (χ1) is 9.14. The molecule has 3 rings (SSSR count). The molecule has 19 heavy (non-hydrogen) atoms. The third-order valence-corrected chi connectivity index (χ3v) is 4.35. The fourth-order valence-electron chi connectivity index (χ4n) is 3.35. The second-order valence-electron chi connectivity index (χ2n) is 5.92. The lowest BCUT2D eigenvalue weighted by Crippen LogP contribution is -2.33. The van der Waals surface area contributed by atoms with Crippen LogP contribution in [0.5, 0.6) is 5.75 Å². The average molecular weight is 261 g/mol. The number of aliphatic hydroxyl groups is 1. The summed E-state index contributed by atoms with van der Waals surface area (Å²) in [6, 6.07) is 9.07. The van der Waals surface area contributed by atoms with Gasteiger partial charge in [-0.05, 0) is 39.2 Å². The van der Waals surface area contributed by atoms with Gasteiger partial charge in [0.1, 0.15) is 11.4 Å². The first-order valence-electron chi connectivity index (χ1n) is 7.34. The zero-order valence-corrected chi connectivity index (χ0v) is 11.8. The van der Waals surface area contributed by atoms with Crippen molar-refractivity contribution in [1.29, 1.82) is 0 Å².